The number of nitrogens with zero attached hydrogens (tertiary/aromatic N) is 6. The van der Waals surface area contributed by atoms with E-state index in [0.29, 0.717) is 33.9 Å². The molecule has 0 radical (unpaired) electrons. The highest BCUT2D eigenvalue weighted by Gasteiger charge is 2.17. The van der Waals surface area contributed by atoms with Gasteiger partial charge in [0.15, 0.2) is 11.6 Å². The van der Waals surface area contributed by atoms with Crippen LogP contribution in [0.25, 0.3) is 27.6 Å². The van der Waals surface area contributed by atoms with Crippen LogP contribution in [0.4, 0.5) is 21.7 Å². The van der Waals surface area contributed by atoms with Gasteiger partial charge in [0.2, 0.25) is 0 Å². The van der Waals surface area contributed by atoms with Gasteiger partial charge in [0, 0.05) is 24.3 Å². The summed E-state index contributed by atoms with van der Waals surface area (Å²) in [4.78, 5) is 17.0. The molecule has 0 fully saturated rings. The Morgan fingerprint density at radius 1 is 1.09 bits per heavy atom. The smallest absolute Gasteiger partial charge is 0.260 e. The minimum Gasteiger partial charge on any atom is -0.338 e. The van der Waals surface area contributed by atoms with Crippen LogP contribution in [0.1, 0.15) is 10.4 Å². The summed E-state index contributed by atoms with van der Waals surface area (Å²) < 4.78 is 18.0. The molecule has 6 aromatic rings. The number of H-pyrrole nitrogens is 1. The third kappa shape index (κ3) is 3.74. The summed E-state index contributed by atoms with van der Waals surface area (Å²) in [5.41, 5.74) is 2.57. The van der Waals surface area contributed by atoms with Crippen molar-refractivity contribution in [1.82, 2.24) is 34.7 Å². The molecule has 172 valence electrons. The molecule has 11 heteroatoms. The van der Waals surface area contributed by atoms with Crippen LogP contribution in [-0.4, -0.2) is 40.6 Å². The fraction of sp³-hybridized carbons (Fsp3) is 0.0417. The molecule has 2 aromatic carbocycles. The fourth-order valence-corrected chi connectivity index (χ4v) is 3.88. The number of amides is 1. The number of aromatic amines is 1. The molecule has 4 aromatic heterocycles. The molecule has 4 heterocycles. The minimum atomic E-state index is -0.415. The second-order valence-electron chi connectivity index (χ2n) is 7.93. The highest BCUT2D eigenvalue weighted by molar-refractivity contribution is 6.03. The van der Waals surface area contributed by atoms with Crippen LogP contribution in [0.15, 0.2) is 73.2 Å². The summed E-state index contributed by atoms with van der Waals surface area (Å²) in [5.74, 6) is 0.338. The largest absolute Gasteiger partial charge is 0.338 e. The molecule has 3 N–H and O–H groups in total. The van der Waals surface area contributed by atoms with E-state index in [-0.39, 0.29) is 5.91 Å². The van der Waals surface area contributed by atoms with Gasteiger partial charge in [-0.15, -0.1) is 5.10 Å². The van der Waals surface area contributed by atoms with Crippen molar-refractivity contribution in [2.45, 2.75) is 0 Å². The topological polar surface area (TPSA) is 118 Å². The van der Waals surface area contributed by atoms with Gasteiger partial charge in [-0.05, 0) is 42.5 Å². The number of fused-ring (bicyclic) bond motifs is 2. The van der Waals surface area contributed by atoms with Crippen LogP contribution in [0, 0.1) is 5.82 Å². The van der Waals surface area contributed by atoms with Gasteiger partial charge in [-0.2, -0.15) is 10.2 Å². The van der Waals surface area contributed by atoms with E-state index >= 15 is 0 Å². The molecule has 35 heavy (non-hydrogen) atoms. The maximum atomic E-state index is 14.9. The molecule has 0 bridgehead atoms. The lowest BCUT2D eigenvalue weighted by Gasteiger charge is -2.07. The van der Waals surface area contributed by atoms with E-state index in [1.54, 1.807) is 54.5 Å². The van der Waals surface area contributed by atoms with Crippen LogP contribution in [0.2, 0.25) is 0 Å². The number of benzene rings is 2. The van der Waals surface area contributed by atoms with Crippen molar-refractivity contribution < 1.29 is 9.18 Å². The lowest BCUT2D eigenvalue weighted by molar-refractivity contribution is 0.102. The van der Waals surface area contributed by atoms with Crippen LogP contribution >= 0.6 is 0 Å². The first kappa shape index (κ1) is 20.5. The van der Waals surface area contributed by atoms with E-state index in [9.17, 15) is 9.18 Å². The first-order valence-corrected chi connectivity index (χ1v) is 10.7. The number of hydrogen-bond acceptors (Lipinski definition) is 6. The fourth-order valence-electron chi connectivity index (χ4n) is 3.88. The Kier molecular flexibility index (Phi) is 4.73. The number of aryl methyl sites for hydroxylation is 1. The monoisotopic (exact) mass is 467 g/mol. The molecule has 0 aliphatic carbocycles. The van der Waals surface area contributed by atoms with Crippen molar-refractivity contribution in [3.63, 3.8) is 0 Å². The highest BCUT2D eigenvalue weighted by atomic mass is 19.1. The highest BCUT2D eigenvalue weighted by Crippen LogP contribution is 2.31. The first-order chi connectivity index (χ1) is 17.0. The SMILES string of the molecule is Cn1cc(C(=O)Nc2cccc(-n3nc(Nc4ccc5[nH]ncc5c4)c4c(F)cccc43)n2)cn1. The van der Waals surface area contributed by atoms with Crippen LogP contribution in [-0.2, 0) is 7.05 Å². The van der Waals surface area contributed by atoms with E-state index in [2.05, 4.69) is 36.0 Å². The number of aromatic nitrogens is 7. The van der Waals surface area contributed by atoms with E-state index in [4.69, 9.17) is 0 Å². The Morgan fingerprint density at radius 3 is 2.83 bits per heavy atom. The van der Waals surface area contributed by atoms with Gasteiger partial charge in [0.05, 0.1) is 34.4 Å². The minimum absolute atomic E-state index is 0.325. The number of anilines is 3. The molecule has 0 aliphatic heterocycles. The van der Waals surface area contributed by atoms with Crippen molar-refractivity contribution >= 4 is 45.0 Å². The van der Waals surface area contributed by atoms with Gasteiger partial charge in [-0.1, -0.05) is 12.1 Å². The van der Waals surface area contributed by atoms with E-state index < -0.39 is 5.82 Å². The number of carbonyl (C=O) groups excluding carboxylic acids is 1. The molecule has 0 saturated heterocycles. The number of halogens is 1. The van der Waals surface area contributed by atoms with Crippen molar-refractivity contribution in [2.24, 2.45) is 7.05 Å². The maximum Gasteiger partial charge on any atom is 0.260 e. The molecule has 0 spiro atoms. The third-order valence-electron chi connectivity index (χ3n) is 5.52. The normalized spacial score (nSPS) is 11.3. The zero-order chi connectivity index (χ0) is 23.9. The molecule has 0 atom stereocenters. The molecule has 0 unspecified atom stereocenters. The number of carbonyl (C=O) groups is 1. The first-order valence-electron chi connectivity index (χ1n) is 10.7. The molecular formula is C24H18FN9O. The summed E-state index contributed by atoms with van der Waals surface area (Å²) >= 11 is 0. The Bertz CT molecular complexity index is 1710. The zero-order valence-electron chi connectivity index (χ0n) is 18.4. The summed E-state index contributed by atoms with van der Waals surface area (Å²) in [5, 5.41) is 22.8. The lowest BCUT2D eigenvalue weighted by atomic mass is 10.2. The Balaban J connectivity index is 1.38. The van der Waals surface area contributed by atoms with Crippen molar-refractivity contribution in [3.05, 3.63) is 84.6 Å². The van der Waals surface area contributed by atoms with Crippen molar-refractivity contribution in [1.29, 1.82) is 0 Å². The molecule has 0 aliphatic rings. The second-order valence-corrected chi connectivity index (χ2v) is 7.93. The third-order valence-corrected chi connectivity index (χ3v) is 5.52. The average Bonchev–Trinajstić information content (AvgIpc) is 3.58. The van der Waals surface area contributed by atoms with Crippen LogP contribution in [0.5, 0.6) is 0 Å². The van der Waals surface area contributed by atoms with Crippen molar-refractivity contribution in [2.75, 3.05) is 10.6 Å². The molecule has 0 saturated carbocycles. The van der Waals surface area contributed by atoms with Gasteiger partial charge in [-0.3, -0.25) is 14.6 Å². The molecule has 1 amide bonds. The predicted molar refractivity (Wildman–Crippen MR) is 129 cm³/mol. The lowest BCUT2D eigenvalue weighted by Crippen LogP contribution is -2.13. The number of hydrogen-bond donors (Lipinski definition) is 3. The van der Waals surface area contributed by atoms with E-state index in [0.717, 1.165) is 16.6 Å². The van der Waals surface area contributed by atoms with Crippen molar-refractivity contribution in [3.8, 4) is 5.82 Å². The molecular weight excluding hydrogens is 449 g/mol. The average molecular weight is 467 g/mol. The Hall–Kier alpha value is -5.06. The van der Waals surface area contributed by atoms with Gasteiger partial charge in [0.25, 0.3) is 5.91 Å². The van der Waals surface area contributed by atoms with Gasteiger partial charge < -0.3 is 10.6 Å². The Labute approximate surface area is 197 Å². The predicted octanol–water partition coefficient (Wildman–Crippen LogP) is 4.17. The second kappa shape index (κ2) is 8.06. The van der Waals surface area contributed by atoms with Crippen LogP contribution in [0.3, 0.4) is 0 Å². The summed E-state index contributed by atoms with van der Waals surface area (Å²) in [6, 6.07) is 15.6. The van der Waals surface area contributed by atoms with Gasteiger partial charge in [0.1, 0.15) is 11.6 Å². The molecule has 10 nitrogen and oxygen atoms in total. The number of rotatable bonds is 5. The van der Waals surface area contributed by atoms with E-state index in [1.165, 1.54) is 16.9 Å². The molecule has 6 rings (SSSR count). The van der Waals surface area contributed by atoms with E-state index in [1.807, 2.05) is 18.2 Å². The summed E-state index contributed by atoms with van der Waals surface area (Å²) in [7, 11) is 1.73. The number of pyridine rings is 1. The van der Waals surface area contributed by atoms with Gasteiger partial charge in [-0.25, -0.2) is 14.1 Å². The quantitative estimate of drug-likeness (QED) is 0.350. The summed E-state index contributed by atoms with van der Waals surface area (Å²) in [6.07, 6.45) is 4.80. The van der Waals surface area contributed by atoms with Crippen LogP contribution < -0.4 is 10.6 Å². The number of nitrogens with one attached hydrogen (secondary N) is 3. The zero-order valence-corrected chi connectivity index (χ0v) is 18.4. The Morgan fingerprint density at radius 2 is 1.97 bits per heavy atom. The van der Waals surface area contributed by atoms with Gasteiger partial charge >= 0.3 is 0 Å². The summed E-state index contributed by atoms with van der Waals surface area (Å²) in [6.45, 7) is 0. The maximum absolute atomic E-state index is 14.9. The standard InChI is InChI=1S/C24H18FN9O/c1-33-13-15(12-27-33)24(35)30-20-6-3-7-21(29-20)34-19-5-2-4-17(25)22(19)23(32-34)28-16-8-9-18-14(10-16)11-26-31-18/h2-13H,1H3,(H,26,31)(H,28,32)(H,29,30,35).